The molecule has 0 aliphatic carbocycles. The van der Waals surface area contributed by atoms with Crippen LogP contribution in [0.1, 0.15) is 30.6 Å². The van der Waals surface area contributed by atoms with Crippen molar-refractivity contribution in [2.75, 3.05) is 20.3 Å². The van der Waals surface area contributed by atoms with Crippen LogP contribution in [0.5, 0.6) is 17.2 Å². The molecule has 2 amide bonds. The van der Waals surface area contributed by atoms with Gasteiger partial charge in [-0.05, 0) is 48.7 Å². The molecular weight excluding hydrogens is 360 g/mol. The second-order valence-electron chi connectivity index (χ2n) is 6.49. The minimum Gasteiger partial charge on any atom is -0.497 e. The van der Waals surface area contributed by atoms with Gasteiger partial charge >= 0.3 is 0 Å². The third-order valence-electron chi connectivity index (χ3n) is 3.83. The molecule has 0 heterocycles. The van der Waals surface area contributed by atoms with Crippen LogP contribution in [0.15, 0.2) is 48.5 Å². The molecule has 0 aliphatic rings. The van der Waals surface area contributed by atoms with E-state index in [1.807, 2.05) is 0 Å². The van der Waals surface area contributed by atoms with Crippen molar-refractivity contribution in [3.63, 3.8) is 0 Å². The molecule has 0 bridgehead atoms. The predicted octanol–water partition coefficient (Wildman–Crippen LogP) is 2.96. The molecule has 0 spiro atoms. The van der Waals surface area contributed by atoms with E-state index in [4.69, 9.17) is 14.2 Å². The smallest absolute Gasteiger partial charge is 0.276 e. The molecule has 28 heavy (non-hydrogen) atoms. The number of amides is 2. The highest BCUT2D eigenvalue weighted by atomic mass is 16.5. The summed E-state index contributed by atoms with van der Waals surface area (Å²) in [7, 11) is 1.57. The monoisotopic (exact) mass is 386 g/mol. The van der Waals surface area contributed by atoms with Gasteiger partial charge in [0, 0.05) is 0 Å². The molecule has 0 radical (unpaired) electrons. The third-order valence-corrected chi connectivity index (χ3v) is 3.83. The topological polar surface area (TPSA) is 85.9 Å². The van der Waals surface area contributed by atoms with Crippen LogP contribution in [0.4, 0.5) is 0 Å². The van der Waals surface area contributed by atoms with E-state index < -0.39 is 11.8 Å². The number of hydrogen-bond donors (Lipinski definition) is 2. The van der Waals surface area contributed by atoms with Gasteiger partial charge in [-0.2, -0.15) is 0 Å². The summed E-state index contributed by atoms with van der Waals surface area (Å²) in [6, 6.07) is 13.7. The predicted molar refractivity (Wildman–Crippen MR) is 105 cm³/mol. The lowest BCUT2D eigenvalue weighted by Gasteiger charge is -2.13. The number of rotatable bonds is 9. The van der Waals surface area contributed by atoms with Gasteiger partial charge in [0.15, 0.2) is 6.61 Å². The lowest BCUT2D eigenvalue weighted by Crippen LogP contribution is -2.43. The second-order valence-corrected chi connectivity index (χ2v) is 6.49. The average Bonchev–Trinajstić information content (AvgIpc) is 2.71. The van der Waals surface area contributed by atoms with Crippen LogP contribution < -0.4 is 25.1 Å². The van der Waals surface area contributed by atoms with Gasteiger partial charge in [0.1, 0.15) is 17.2 Å². The van der Waals surface area contributed by atoms with Crippen LogP contribution in [-0.2, 0) is 4.79 Å². The Balaban J connectivity index is 1.81. The summed E-state index contributed by atoms with van der Waals surface area (Å²) in [4.78, 5) is 24.3. The molecule has 0 saturated carbocycles. The van der Waals surface area contributed by atoms with Crippen LogP contribution in [-0.4, -0.2) is 32.1 Å². The Labute approximate surface area is 165 Å². The van der Waals surface area contributed by atoms with Gasteiger partial charge in [-0.25, -0.2) is 0 Å². The Morgan fingerprint density at radius 1 is 0.929 bits per heavy atom. The summed E-state index contributed by atoms with van der Waals surface area (Å²) in [6.45, 7) is 4.49. The lowest BCUT2D eigenvalue weighted by atomic mass is 10.1. The highest BCUT2D eigenvalue weighted by Crippen LogP contribution is 2.19. The third kappa shape index (κ3) is 6.83. The maximum absolute atomic E-state index is 12.4. The summed E-state index contributed by atoms with van der Waals surface area (Å²) in [6.07, 6.45) is 0.884. The number of benzene rings is 2. The summed E-state index contributed by atoms with van der Waals surface area (Å²) >= 11 is 0. The fraction of sp³-hybridized carbons (Fsp3) is 0.333. The number of carbonyl (C=O) groups is 2. The Morgan fingerprint density at radius 2 is 1.61 bits per heavy atom. The number of para-hydroxylation sites is 1. The first-order chi connectivity index (χ1) is 13.5. The molecule has 0 atom stereocenters. The number of nitrogens with one attached hydrogen (secondary N) is 2. The number of carbonyl (C=O) groups excluding carboxylic acids is 2. The van der Waals surface area contributed by atoms with Crippen molar-refractivity contribution in [2.24, 2.45) is 5.92 Å². The van der Waals surface area contributed by atoms with E-state index >= 15 is 0 Å². The van der Waals surface area contributed by atoms with Crippen molar-refractivity contribution in [2.45, 2.75) is 20.3 Å². The highest BCUT2D eigenvalue weighted by molar-refractivity contribution is 5.97. The maximum Gasteiger partial charge on any atom is 0.276 e. The second kappa shape index (κ2) is 10.8. The molecule has 2 aromatic rings. The fourth-order valence-electron chi connectivity index (χ4n) is 2.24. The Morgan fingerprint density at radius 3 is 2.29 bits per heavy atom. The number of methoxy groups -OCH3 is 1. The van der Waals surface area contributed by atoms with Crippen molar-refractivity contribution in [1.29, 1.82) is 0 Å². The fourth-order valence-corrected chi connectivity index (χ4v) is 2.24. The van der Waals surface area contributed by atoms with Gasteiger partial charge in [-0.1, -0.05) is 26.0 Å². The largest absolute Gasteiger partial charge is 0.497 e. The average molecular weight is 386 g/mol. The van der Waals surface area contributed by atoms with Gasteiger partial charge in [0.05, 0.1) is 19.3 Å². The molecule has 0 fully saturated rings. The molecule has 0 aliphatic heterocycles. The first-order valence-corrected chi connectivity index (χ1v) is 9.07. The molecular formula is C21H26N2O5. The minimum atomic E-state index is -0.484. The van der Waals surface area contributed by atoms with E-state index in [-0.39, 0.29) is 6.61 Å². The van der Waals surface area contributed by atoms with Crippen LogP contribution >= 0.6 is 0 Å². The molecule has 7 nitrogen and oxygen atoms in total. The van der Waals surface area contributed by atoms with E-state index in [1.165, 1.54) is 0 Å². The van der Waals surface area contributed by atoms with Crippen molar-refractivity contribution in [1.82, 2.24) is 10.9 Å². The van der Waals surface area contributed by atoms with Crippen molar-refractivity contribution in [3.05, 3.63) is 54.1 Å². The number of ether oxygens (including phenoxy) is 3. The molecule has 0 saturated heterocycles. The van der Waals surface area contributed by atoms with Gasteiger partial charge in [0.2, 0.25) is 0 Å². The number of hydrogen-bond acceptors (Lipinski definition) is 5. The highest BCUT2D eigenvalue weighted by Gasteiger charge is 2.13. The summed E-state index contributed by atoms with van der Waals surface area (Å²) < 4.78 is 16.1. The lowest BCUT2D eigenvalue weighted by molar-refractivity contribution is -0.123. The molecule has 2 aromatic carbocycles. The van der Waals surface area contributed by atoms with Crippen molar-refractivity contribution >= 4 is 11.8 Å². The van der Waals surface area contributed by atoms with Crippen molar-refractivity contribution < 1.29 is 23.8 Å². The first kappa shape index (κ1) is 21.1. The SMILES string of the molecule is COc1ccc(OCC(=O)NNC(=O)c2ccccc2OCCC(C)C)cc1. The van der Waals surface area contributed by atoms with Gasteiger partial charge in [-0.3, -0.25) is 20.4 Å². The summed E-state index contributed by atoms with van der Waals surface area (Å²) in [5, 5.41) is 0. The zero-order chi connectivity index (χ0) is 20.4. The zero-order valence-electron chi connectivity index (χ0n) is 16.4. The standard InChI is InChI=1S/C21H26N2O5/c1-15(2)12-13-27-19-7-5-4-6-18(19)21(25)23-22-20(24)14-28-17-10-8-16(26-3)9-11-17/h4-11,15H,12-14H2,1-3H3,(H,22,24)(H,23,25). The van der Waals surface area contributed by atoms with E-state index in [0.717, 1.165) is 6.42 Å². The van der Waals surface area contributed by atoms with Crippen LogP contribution in [0.3, 0.4) is 0 Å². The van der Waals surface area contributed by atoms with Gasteiger partial charge < -0.3 is 14.2 Å². The Bertz CT molecular complexity index is 775. The molecule has 150 valence electrons. The molecule has 7 heteroatoms. The Hall–Kier alpha value is -3.22. The van der Waals surface area contributed by atoms with E-state index in [1.54, 1.807) is 55.6 Å². The molecule has 2 N–H and O–H groups in total. The van der Waals surface area contributed by atoms with E-state index in [0.29, 0.717) is 35.3 Å². The van der Waals surface area contributed by atoms with Gasteiger partial charge in [0.25, 0.3) is 11.8 Å². The van der Waals surface area contributed by atoms with Crippen LogP contribution in [0.2, 0.25) is 0 Å². The number of hydrazine groups is 1. The molecule has 0 unspecified atom stereocenters. The van der Waals surface area contributed by atoms with Crippen molar-refractivity contribution in [3.8, 4) is 17.2 Å². The molecule has 0 aromatic heterocycles. The van der Waals surface area contributed by atoms with Gasteiger partial charge in [-0.15, -0.1) is 0 Å². The minimum absolute atomic E-state index is 0.237. The maximum atomic E-state index is 12.4. The van der Waals surface area contributed by atoms with Crippen LogP contribution in [0.25, 0.3) is 0 Å². The Kier molecular flexibility index (Phi) is 8.14. The first-order valence-electron chi connectivity index (χ1n) is 9.07. The van der Waals surface area contributed by atoms with E-state index in [9.17, 15) is 9.59 Å². The summed E-state index contributed by atoms with van der Waals surface area (Å²) in [5.74, 6) is 1.25. The molecule has 2 rings (SSSR count). The summed E-state index contributed by atoms with van der Waals surface area (Å²) in [5.41, 5.74) is 5.06. The quantitative estimate of drug-likeness (QED) is 0.647. The zero-order valence-corrected chi connectivity index (χ0v) is 16.4. The van der Waals surface area contributed by atoms with E-state index in [2.05, 4.69) is 24.7 Å². The van der Waals surface area contributed by atoms with Crippen LogP contribution in [0, 0.1) is 5.92 Å². The normalized spacial score (nSPS) is 10.3.